The molecule has 0 spiro atoms. The summed E-state index contributed by atoms with van der Waals surface area (Å²) in [6.45, 7) is 7.88. The Labute approximate surface area is 413 Å². The number of ether oxygens (including phenoxy) is 3. The van der Waals surface area contributed by atoms with Gasteiger partial charge >= 0.3 is 11.9 Å². The minimum absolute atomic E-state index is 0.0877. The van der Waals surface area contributed by atoms with Gasteiger partial charge < -0.3 is 14.2 Å². The zero-order valence-corrected chi connectivity index (χ0v) is 45.0. The van der Waals surface area contributed by atoms with Crippen molar-refractivity contribution in [3.05, 3.63) is 24.3 Å². The third-order valence-electron chi connectivity index (χ3n) is 13.5. The first-order valence-corrected chi connectivity index (χ1v) is 29.9. The highest BCUT2D eigenvalue weighted by Gasteiger charge is 2.17. The van der Waals surface area contributed by atoms with E-state index in [2.05, 4.69) is 45.1 Å². The van der Waals surface area contributed by atoms with Gasteiger partial charge in [0.25, 0.3) is 0 Å². The molecular formula is C61H116O5. The molecule has 0 aromatic heterocycles. The van der Waals surface area contributed by atoms with E-state index in [9.17, 15) is 9.59 Å². The van der Waals surface area contributed by atoms with E-state index in [0.717, 1.165) is 38.5 Å². The van der Waals surface area contributed by atoms with E-state index in [1.54, 1.807) is 0 Å². The lowest BCUT2D eigenvalue weighted by molar-refractivity contribution is -0.163. The number of hydrogen-bond donors (Lipinski definition) is 0. The van der Waals surface area contributed by atoms with Gasteiger partial charge in [-0.05, 0) is 70.6 Å². The van der Waals surface area contributed by atoms with Crippen LogP contribution in [0.5, 0.6) is 0 Å². The zero-order valence-electron chi connectivity index (χ0n) is 45.0. The highest BCUT2D eigenvalue weighted by molar-refractivity contribution is 5.70. The quantitative estimate of drug-likeness (QED) is 0.0345. The van der Waals surface area contributed by atoms with Crippen molar-refractivity contribution < 1.29 is 23.8 Å². The van der Waals surface area contributed by atoms with Crippen LogP contribution in [0.25, 0.3) is 0 Å². The van der Waals surface area contributed by atoms with Gasteiger partial charge in [0.15, 0.2) is 6.10 Å². The van der Waals surface area contributed by atoms with Gasteiger partial charge in [-0.3, -0.25) is 9.59 Å². The van der Waals surface area contributed by atoms with Crippen molar-refractivity contribution in [2.45, 2.75) is 335 Å². The molecular weight excluding hydrogens is 813 g/mol. The lowest BCUT2D eigenvalue weighted by Gasteiger charge is -2.18. The van der Waals surface area contributed by atoms with Crippen LogP contribution in [0.1, 0.15) is 329 Å². The molecule has 390 valence electrons. The second kappa shape index (κ2) is 57.7. The maximum absolute atomic E-state index is 12.9. The molecule has 0 aliphatic carbocycles. The first-order chi connectivity index (χ1) is 32.6. The van der Waals surface area contributed by atoms with Crippen LogP contribution >= 0.6 is 0 Å². The Morgan fingerprint density at radius 2 is 0.591 bits per heavy atom. The molecule has 0 aliphatic heterocycles. The van der Waals surface area contributed by atoms with Crippen molar-refractivity contribution in [3.8, 4) is 0 Å². The van der Waals surface area contributed by atoms with Gasteiger partial charge in [0.2, 0.25) is 0 Å². The Morgan fingerprint density at radius 3 is 0.924 bits per heavy atom. The molecule has 0 radical (unpaired) electrons. The summed E-state index contributed by atoms with van der Waals surface area (Å²) >= 11 is 0. The molecule has 0 saturated carbocycles. The van der Waals surface area contributed by atoms with E-state index in [0.29, 0.717) is 19.4 Å². The smallest absolute Gasteiger partial charge is 0.306 e. The summed E-state index contributed by atoms with van der Waals surface area (Å²) in [7, 11) is 0. The summed E-state index contributed by atoms with van der Waals surface area (Å²) in [5, 5.41) is 0. The predicted octanol–water partition coefficient (Wildman–Crippen LogP) is 20.4. The highest BCUT2D eigenvalue weighted by atomic mass is 16.6. The van der Waals surface area contributed by atoms with E-state index in [1.165, 1.54) is 257 Å². The average molecular weight is 930 g/mol. The van der Waals surface area contributed by atoms with Crippen LogP contribution in [0, 0.1) is 0 Å². The lowest BCUT2D eigenvalue weighted by atomic mass is 10.0. The van der Waals surface area contributed by atoms with Crippen LogP contribution in [0.15, 0.2) is 24.3 Å². The summed E-state index contributed by atoms with van der Waals surface area (Å²) in [5.74, 6) is -0.382. The van der Waals surface area contributed by atoms with Gasteiger partial charge in [-0.25, -0.2) is 0 Å². The minimum atomic E-state index is -0.535. The number of unbranched alkanes of at least 4 members (excludes halogenated alkanes) is 41. The summed E-state index contributed by atoms with van der Waals surface area (Å²) in [6, 6.07) is 0. The Hall–Kier alpha value is -1.62. The first-order valence-electron chi connectivity index (χ1n) is 29.9. The molecule has 0 saturated heterocycles. The number of allylic oxidation sites excluding steroid dienone is 4. The average Bonchev–Trinajstić information content (AvgIpc) is 3.32. The normalized spacial score (nSPS) is 12.2. The van der Waals surface area contributed by atoms with E-state index in [1.807, 2.05) is 0 Å². The largest absolute Gasteiger partial charge is 0.462 e. The first kappa shape index (κ1) is 64.4. The van der Waals surface area contributed by atoms with Crippen LogP contribution in [-0.4, -0.2) is 37.9 Å². The second-order valence-corrected chi connectivity index (χ2v) is 20.3. The van der Waals surface area contributed by atoms with Crippen molar-refractivity contribution >= 4 is 11.9 Å². The fraction of sp³-hybridized carbons (Fsp3) is 0.902. The molecule has 0 amide bonds. The van der Waals surface area contributed by atoms with E-state index in [4.69, 9.17) is 14.2 Å². The molecule has 0 fully saturated rings. The molecule has 0 heterocycles. The minimum Gasteiger partial charge on any atom is -0.462 e. The number of carbonyl (C=O) groups is 2. The molecule has 5 nitrogen and oxygen atoms in total. The molecule has 0 rings (SSSR count). The van der Waals surface area contributed by atoms with Gasteiger partial charge in [-0.2, -0.15) is 0 Å². The molecule has 66 heavy (non-hydrogen) atoms. The molecule has 1 atom stereocenters. The SMILES string of the molecule is CCCCCCCC/C=C\CCCCCCCCCC(=O)OCC(COCCCCCCCC/C=C\CCCCCCCC)OC(=O)CCCCCCCCCCCCCCCCCCC. The lowest BCUT2D eigenvalue weighted by Crippen LogP contribution is -2.30. The number of carbonyl (C=O) groups excluding carboxylic acids is 2. The molecule has 5 heteroatoms. The van der Waals surface area contributed by atoms with Crippen LogP contribution in [0.2, 0.25) is 0 Å². The van der Waals surface area contributed by atoms with Crippen molar-refractivity contribution in [2.24, 2.45) is 0 Å². The molecule has 0 N–H and O–H groups in total. The van der Waals surface area contributed by atoms with Gasteiger partial charge in [-0.15, -0.1) is 0 Å². The summed E-state index contributed by atoms with van der Waals surface area (Å²) in [4.78, 5) is 25.5. The van der Waals surface area contributed by atoms with E-state index in [-0.39, 0.29) is 25.2 Å². The predicted molar refractivity (Wildman–Crippen MR) is 289 cm³/mol. The third kappa shape index (κ3) is 55.0. The molecule has 0 aromatic rings. The van der Waals surface area contributed by atoms with Crippen LogP contribution < -0.4 is 0 Å². The number of rotatable bonds is 56. The van der Waals surface area contributed by atoms with E-state index < -0.39 is 6.10 Å². The van der Waals surface area contributed by atoms with Gasteiger partial charge in [0.05, 0.1) is 6.61 Å². The van der Waals surface area contributed by atoms with Crippen molar-refractivity contribution in [1.82, 2.24) is 0 Å². The summed E-state index contributed by atoms with van der Waals surface area (Å²) in [5.41, 5.74) is 0. The fourth-order valence-corrected chi connectivity index (χ4v) is 8.97. The summed E-state index contributed by atoms with van der Waals surface area (Å²) < 4.78 is 17.5. The maximum atomic E-state index is 12.9. The maximum Gasteiger partial charge on any atom is 0.306 e. The molecule has 0 aromatic carbocycles. The number of esters is 2. The monoisotopic (exact) mass is 929 g/mol. The standard InChI is InChI=1S/C61H116O5/c1-4-7-10-13-16-19-22-25-28-31-33-36-39-42-45-48-51-54-60(62)65-58-59(57-64-56-53-50-47-44-41-38-35-30-27-24-21-18-15-12-9-6-3)66-61(63)55-52-49-46-43-40-37-34-32-29-26-23-20-17-14-11-8-5-2/h25,27-28,30,59H,4-24,26,29,31-58H2,1-3H3/b28-25-,30-27-. The molecule has 0 bridgehead atoms. The van der Waals surface area contributed by atoms with Gasteiger partial charge in [-0.1, -0.05) is 270 Å². The van der Waals surface area contributed by atoms with Crippen molar-refractivity contribution in [3.63, 3.8) is 0 Å². The van der Waals surface area contributed by atoms with Crippen molar-refractivity contribution in [2.75, 3.05) is 19.8 Å². The molecule has 1 unspecified atom stereocenters. The van der Waals surface area contributed by atoms with Crippen LogP contribution in [0.3, 0.4) is 0 Å². The molecule has 0 aliphatic rings. The zero-order chi connectivity index (χ0) is 47.7. The highest BCUT2D eigenvalue weighted by Crippen LogP contribution is 2.17. The Bertz CT molecular complexity index is 1010. The Morgan fingerprint density at radius 1 is 0.318 bits per heavy atom. The van der Waals surface area contributed by atoms with Crippen molar-refractivity contribution in [1.29, 1.82) is 0 Å². The van der Waals surface area contributed by atoms with Crippen LogP contribution in [-0.2, 0) is 23.8 Å². The second-order valence-electron chi connectivity index (χ2n) is 20.3. The van der Waals surface area contributed by atoms with Gasteiger partial charge in [0, 0.05) is 19.4 Å². The Kier molecular flexibility index (Phi) is 56.3. The number of hydrogen-bond acceptors (Lipinski definition) is 5. The Balaban J connectivity index is 4.23. The summed E-state index contributed by atoms with van der Waals surface area (Å²) in [6.07, 6.45) is 69.1. The topological polar surface area (TPSA) is 61.8 Å². The fourth-order valence-electron chi connectivity index (χ4n) is 8.97. The van der Waals surface area contributed by atoms with E-state index >= 15 is 0 Å². The van der Waals surface area contributed by atoms with Crippen LogP contribution in [0.4, 0.5) is 0 Å². The third-order valence-corrected chi connectivity index (χ3v) is 13.5. The van der Waals surface area contributed by atoms with Gasteiger partial charge in [0.1, 0.15) is 6.61 Å².